The van der Waals surface area contributed by atoms with Crippen molar-refractivity contribution in [1.82, 2.24) is 9.97 Å². The highest BCUT2D eigenvalue weighted by molar-refractivity contribution is 6.34. The Morgan fingerprint density at radius 2 is 1.90 bits per heavy atom. The standard InChI is InChI=1S/C19H14ClFN4O5/c1-30-14-7-10(24-18(27)15-16(19(28)29)23-8-22-15)3-5-13(14)25-17(26)11-4-2-9(21)6-12(11)20/h2-8H,1H3,(H,22,23)(H,24,27)(H,25,26)(H,28,29). The van der Waals surface area contributed by atoms with Crippen LogP contribution < -0.4 is 15.4 Å². The monoisotopic (exact) mass is 432 g/mol. The molecule has 0 aliphatic heterocycles. The molecule has 2 aromatic carbocycles. The molecule has 9 nitrogen and oxygen atoms in total. The fourth-order valence-electron chi connectivity index (χ4n) is 2.56. The summed E-state index contributed by atoms with van der Waals surface area (Å²) in [5, 5.41) is 14.1. The number of ether oxygens (including phenoxy) is 1. The van der Waals surface area contributed by atoms with Gasteiger partial charge in [-0.15, -0.1) is 0 Å². The van der Waals surface area contributed by atoms with E-state index < -0.39 is 23.6 Å². The number of hydrogen-bond acceptors (Lipinski definition) is 5. The highest BCUT2D eigenvalue weighted by atomic mass is 35.5. The Labute approximate surface area is 173 Å². The molecule has 0 fully saturated rings. The molecule has 0 saturated carbocycles. The van der Waals surface area contributed by atoms with Gasteiger partial charge in [-0.05, 0) is 30.3 Å². The van der Waals surface area contributed by atoms with Crippen molar-refractivity contribution in [2.75, 3.05) is 17.7 Å². The molecule has 0 unspecified atom stereocenters. The summed E-state index contributed by atoms with van der Waals surface area (Å²) >= 11 is 5.90. The van der Waals surface area contributed by atoms with Crippen LogP contribution in [-0.2, 0) is 0 Å². The number of aromatic nitrogens is 2. The predicted octanol–water partition coefficient (Wildman–Crippen LogP) is 3.41. The number of anilines is 2. The molecule has 30 heavy (non-hydrogen) atoms. The number of amides is 2. The van der Waals surface area contributed by atoms with Gasteiger partial charge in [-0.3, -0.25) is 9.59 Å². The molecule has 0 aliphatic rings. The number of aromatic carboxylic acids is 1. The maximum absolute atomic E-state index is 13.2. The first-order valence-corrected chi connectivity index (χ1v) is 8.70. The summed E-state index contributed by atoms with van der Waals surface area (Å²) < 4.78 is 18.4. The molecular formula is C19H14ClFN4O5. The normalized spacial score (nSPS) is 10.4. The third kappa shape index (κ3) is 4.39. The first-order valence-electron chi connectivity index (χ1n) is 8.32. The summed E-state index contributed by atoms with van der Waals surface area (Å²) in [5.74, 6) is -3.02. The van der Waals surface area contributed by atoms with Gasteiger partial charge in [0, 0.05) is 11.8 Å². The van der Waals surface area contributed by atoms with Gasteiger partial charge in [-0.2, -0.15) is 0 Å². The molecule has 11 heteroatoms. The van der Waals surface area contributed by atoms with Gasteiger partial charge in [-0.25, -0.2) is 14.2 Å². The summed E-state index contributed by atoms with van der Waals surface area (Å²) in [7, 11) is 1.36. The first-order chi connectivity index (χ1) is 14.3. The topological polar surface area (TPSA) is 133 Å². The molecule has 154 valence electrons. The molecule has 0 saturated heterocycles. The molecule has 0 spiro atoms. The zero-order valence-corrected chi connectivity index (χ0v) is 16.1. The van der Waals surface area contributed by atoms with Crippen LogP contribution in [0, 0.1) is 5.82 Å². The van der Waals surface area contributed by atoms with Crippen molar-refractivity contribution in [2.24, 2.45) is 0 Å². The zero-order valence-electron chi connectivity index (χ0n) is 15.3. The smallest absolute Gasteiger partial charge is 0.354 e. The minimum absolute atomic E-state index is 0.0522. The molecule has 2 amide bonds. The Morgan fingerprint density at radius 1 is 1.13 bits per heavy atom. The number of carbonyl (C=O) groups excluding carboxylic acids is 2. The number of H-pyrrole nitrogens is 1. The predicted molar refractivity (Wildman–Crippen MR) is 106 cm³/mol. The summed E-state index contributed by atoms with van der Waals surface area (Å²) in [5.41, 5.74) is -0.0255. The second-order valence-electron chi connectivity index (χ2n) is 5.88. The Hall–Kier alpha value is -3.92. The number of rotatable bonds is 6. The van der Waals surface area contributed by atoms with Crippen molar-refractivity contribution < 1.29 is 28.6 Å². The number of hydrogen-bond donors (Lipinski definition) is 4. The number of halogens is 2. The zero-order chi connectivity index (χ0) is 21.8. The fourth-order valence-corrected chi connectivity index (χ4v) is 2.81. The minimum Gasteiger partial charge on any atom is -0.494 e. The Bertz CT molecular complexity index is 1150. The molecule has 0 aliphatic carbocycles. The molecule has 3 aromatic rings. The highest BCUT2D eigenvalue weighted by Crippen LogP contribution is 2.29. The number of nitrogens with one attached hydrogen (secondary N) is 3. The van der Waals surface area contributed by atoms with Crippen LogP contribution in [0.2, 0.25) is 5.02 Å². The Morgan fingerprint density at radius 3 is 2.57 bits per heavy atom. The lowest BCUT2D eigenvalue weighted by Gasteiger charge is -2.13. The summed E-state index contributed by atoms with van der Waals surface area (Å²) in [6.07, 6.45) is 1.10. The molecule has 0 bridgehead atoms. The molecule has 4 N–H and O–H groups in total. The van der Waals surface area contributed by atoms with E-state index in [-0.39, 0.29) is 39.1 Å². The van der Waals surface area contributed by atoms with E-state index in [1.165, 1.54) is 31.4 Å². The van der Waals surface area contributed by atoms with Crippen LogP contribution in [0.4, 0.5) is 15.8 Å². The molecule has 1 aromatic heterocycles. The molecule has 0 radical (unpaired) electrons. The minimum atomic E-state index is -1.33. The van der Waals surface area contributed by atoms with Gasteiger partial charge in [0.1, 0.15) is 11.6 Å². The SMILES string of the molecule is COc1cc(NC(=O)c2nc[nH]c2C(=O)O)ccc1NC(=O)c1ccc(F)cc1Cl. The van der Waals surface area contributed by atoms with Crippen molar-refractivity contribution in [2.45, 2.75) is 0 Å². The highest BCUT2D eigenvalue weighted by Gasteiger charge is 2.20. The van der Waals surface area contributed by atoms with E-state index in [1.54, 1.807) is 0 Å². The maximum Gasteiger partial charge on any atom is 0.354 e. The van der Waals surface area contributed by atoms with Crippen molar-refractivity contribution >= 4 is 40.8 Å². The number of benzene rings is 2. The van der Waals surface area contributed by atoms with Gasteiger partial charge in [-0.1, -0.05) is 11.6 Å². The molecule has 3 rings (SSSR count). The van der Waals surface area contributed by atoms with E-state index in [0.29, 0.717) is 0 Å². The van der Waals surface area contributed by atoms with E-state index in [9.17, 15) is 18.8 Å². The molecule has 1 heterocycles. The van der Waals surface area contributed by atoms with Gasteiger partial charge in [0.25, 0.3) is 11.8 Å². The maximum atomic E-state index is 13.2. The fraction of sp³-hybridized carbons (Fsp3) is 0.0526. The van der Waals surface area contributed by atoms with Gasteiger partial charge >= 0.3 is 5.97 Å². The van der Waals surface area contributed by atoms with Crippen LogP contribution in [0.15, 0.2) is 42.7 Å². The lowest BCUT2D eigenvalue weighted by atomic mass is 10.2. The number of nitrogens with zero attached hydrogens (tertiary/aromatic N) is 1. The van der Waals surface area contributed by atoms with Gasteiger partial charge < -0.3 is 25.5 Å². The van der Waals surface area contributed by atoms with Gasteiger partial charge in [0.15, 0.2) is 11.4 Å². The van der Waals surface area contributed by atoms with E-state index in [1.807, 2.05) is 0 Å². The molecule has 0 atom stereocenters. The van der Waals surface area contributed by atoms with E-state index in [4.69, 9.17) is 21.4 Å². The lowest BCUT2D eigenvalue weighted by Crippen LogP contribution is -2.17. The van der Waals surface area contributed by atoms with Gasteiger partial charge in [0.05, 0.1) is 29.7 Å². The van der Waals surface area contributed by atoms with Crippen LogP contribution in [0.25, 0.3) is 0 Å². The third-order valence-electron chi connectivity index (χ3n) is 3.95. The van der Waals surface area contributed by atoms with E-state index >= 15 is 0 Å². The van der Waals surface area contributed by atoms with Crippen LogP contribution in [-0.4, -0.2) is 40.0 Å². The average molecular weight is 433 g/mol. The van der Waals surface area contributed by atoms with Gasteiger partial charge in [0.2, 0.25) is 0 Å². The number of carboxylic acid groups (broad SMARTS) is 1. The van der Waals surface area contributed by atoms with Crippen LogP contribution >= 0.6 is 11.6 Å². The summed E-state index contributed by atoms with van der Waals surface area (Å²) in [4.78, 5) is 41.9. The van der Waals surface area contributed by atoms with Crippen LogP contribution in [0.5, 0.6) is 5.75 Å². The largest absolute Gasteiger partial charge is 0.494 e. The number of imidazole rings is 1. The first kappa shape index (κ1) is 20.8. The van der Waals surface area contributed by atoms with Crippen molar-refractivity contribution in [3.05, 3.63) is 70.5 Å². The second kappa shape index (κ2) is 8.62. The number of carbonyl (C=O) groups is 3. The van der Waals surface area contributed by atoms with E-state index in [2.05, 4.69) is 20.6 Å². The molecular weight excluding hydrogens is 419 g/mol. The summed E-state index contributed by atoms with van der Waals surface area (Å²) in [6, 6.07) is 7.73. The quantitative estimate of drug-likeness (QED) is 0.471. The van der Waals surface area contributed by atoms with Crippen molar-refractivity contribution in [3.63, 3.8) is 0 Å². The van der Waals surface area contributed by atoms with Crippen molar-refractivity contribution in [1.29, 1.82) is 0 Å². The lowest BCUT2D eigenvalue weighted by molar-refractivity contribution is 0.0686. The number of carboxylic acids is 1. The summed E-state index contributed by atoms with van der Waals surface area (Å²) in [6.45, 7) is 0. The van der Waals surface area contributed by atoms with Crippen LogP contribution in [0.3, 0.4) is 0 Å². The average Bonchev–Trinajstić information content (AvgIpc) is 3.19. The number of methoxy groups -OCH3 is 1. The number of aromatic amines is 1. The Balaban J connectivity index is 1.79. The van der Waals surface area contributed by atoms with Crippen molar-refractivity contribution in [3.8, 4) is 5.75 Å². The second-order valence-corrected chi connectivity index (χ2v) is 6.29. The Kier molecular flexibility index (Phi) is 5.98. The third-order valence-corrected chi connectivity index (χ3v) is 4.26. The van der Waals surface area contributed by atoms with Crippen LogP contribution in [0.1, 0.15) is 31.3 Å². The van der Waals surface area contributed by atoms with E-state index in [0.717, 1.165) is 18.5 Å².